The molecule has 1 heterocycles. The molecule has 3 nitrogen and oxygen atoms in total. The summed E-state index contributed by atoms with van der Waals surface area (Å²) in [6.07, 6.45) is 0. The molecule has 0 aromatic heterocycles. The summed E-state index contributed by atoms with van der Waals surface area (Å²) in [5.74, 6) is -0.344. The zero-order valence-corrected chi connectivity index (χ0v) is 5.68. The Bertz CT molecular complexity index is 142. The number of carbonyl (C=O) groups excluding carboxylic acids is 1. The maximum absolute atomic E-state index is 10.5. The van der Waals surface area contributed by atoms with E-state index in [1.54, 1.807) is 0 Å². The summed E-state index contributed by atoms with van der Waals surface area (Å²) < 4.78 is 5.09. The molecule has 1 fully saturated rings. The molecule has 1 aliphatic heterocycles. The fourth-order valence-corrected chi connectivity index (χ4v) is 0.925. The van der Waals surface area contributed by atoms with Gasteiger partial charge in [0.2, 0.25) is 5.91 Å². The van der Waals surface area contributed by atoms with Crippen molar-refractivity contribution in [1.29, 1.82) is 0 Å². The smallest absolute Gasteiger partial charge is 0.225 e. The Morgan fingerprint density at radius 2 is 2.33 bits per heavy atom. The van der Waals surface area contributed by atoms with Gasteiger partial charge in [0.15, 0.2) is 0 Å². The molecule has 52 valence electrons. The van der Waals surface area contributed by atoms with Gasteiger partial charge in [0.05, 0.1) is 18.1 Å². The second-order valence-electron chi connectivity index (χ2n) is 2.87. The van der Waals surface area contributed by atoms with E-state index in [9.17, 15) is 4.79 Å². The first-order chi connectivity index (χ1) is 4.04. The topological polar surface area (TPSA) is 52.3 Å². The minimum absolute atomic E-state index is 0.0856. The minimum atomic E-state index is -0.314. The first-order valence-electron chi connectivity index (χ1n) is 2.97. The Hall–Kier alpha value is -0.570. The molecule has 1 unspecified atom stereocenters. The van der Waals surface area contributed by atoms with Crippen molar-refractivity contribution in [3.8, 4) is 0 Å². The number of rotatable bonds is 1. The van der Waals surface area contributed by atoms with Crippen LogP contribution in [0.2, 0.25) is 0 Å². The number of ether oxygens (including phenoxy) is 1. The average molecular weight is 129 g/mol. The van der Waals surface area contributed by atoms with Crippen LogP contribution in [-0.4, -0.2) is 18.1 Å². The lowest BCUT2D eigenvalue weighted by Crippen LogP contribution is -2.54. The van der Waals surface area contributed by atoms with Crippen molar-refractivity contribution >= 4 is 5.91 Å². The van der Waals surface area contributed by atoms with Crippen LogP contribution in [0.15, 0.2) is 0 Å². The van der Waals surface area contributed by atoms with Crippen LogP contribution in [-0.2, 0) is 9.53 Å². The lowest BCUT2D eigenvalue weighted by molar-refractivity contribution is -0.186. The lowest BCUT2D eigenvalue weighted by Gasteiger charge is -2.42. The van der Waals surface area contributed by atoms with E-state index in [1.807, 2.05) is 13.8 Å². The van der Waals surface area contributed by atoms with Gasteiger partial charge in [-0.25, -0.2) is 0 Å². The van der Waals surface area contributed by atoms with Crippen molar-refractivity contribution in [1.82, 2.24) is 0 Å². The summed E-state index contributed by atoms with van der Waals surface area (Å²) >= 11 is 0. The Morgan fingerprint density at radius 1 is 1.78 bits per heavy atom. The van der Waals surface area contributed by atoms with Crippen LogP contribution in [0.4, 0.5) is 0 Å². The standard InChI is InChI=1S/C6H11NO2/c1-6(2)4(3-9-6)5(7)8/h4H,3H2,1-2H3,(H2,7,8). The molecule has 1 rings (SSSR count). The third-order valence-corrected chi connectivity index (χ3v) is 1.80. The molecular formula is C6H11NO2. The van der Waals surface area contributed by atoms with Gasteiger partial charge in [0.1, 0.15) is 0 Å². The molecule has 9 heavy (non-hydrogen) atoms. The summed E-state index contributed by atoms with van der Waals surface area (Å²) in [6, 6.07) is 0. The minimum Gasteiger partial charge on any atom is -0.374 e. The Morgan fingerprint density at radius 3 is 2.33 bits per heavy atom. The van der Waals surface area contributed by atoms with Crippen molar-refractivity contribution in [2.24, 2.45) is 11.7 Å². The highest BCUT2D eigenvalue weighted by atomic mass is 16.5. The molecule has 1 aliphatic rings. The van der Waals surface area contributed by atoms with Gasteiger partial charge in [-0.2, -0.15) is 0 Å². The van der Waals surface area contributed by atoms with Gasteiger partial charge in [-0.3, -0.25) is 4.79 Å². The van der Waals surface area contributed by atoms with Gasteiger partial charge in [0, 0.05) is 0 Å². The number of hydrogen-bond acceptors (Lipinski definition) is 2. The zero-order valence-electron chi connectivity index (χ0n) is 5.68. The van der Waals surface area contributed by atoms with Crippen LogP contribution in [0.1, 0.15) is 13.8 Å². The maximum Gasteiger partial charge on any atom is 0.225 e. The van der Waals surface area contributed by atoms with Gasteiger partial charge in [-0.05, 0) is 13.8 Å². The maximum atomic E-state index is 10.5. The van der Waals surface area contributed by atoms with Crippen molar-refractivity contribution in [3.63, 3.8) is 0 Å². The quantitative estimate of drug-likeness (QED) is 0.537. The molecule has 0 spiro atoms. The molecule has 1 saturated heterocycles. The summed E-state index contributed by atoms with van der Waals surface area (Å²) in [6.45, 7) is 4.22. The van der Waals surface area contributed by atoms with Crippen LogP contribution in [0.3, 0.4) is 0 Å². The Balaban J connectivity index is 2.55. The van der Waals surface area contributed by atoms with Crippen molar-refractivity contribution in [2.45, 2.75) is 19.4 Å². The summed E-state index contributed by atoms with van der Waals surface area (Å²) in [5, 5.41) is 0. The monoisotopic (exact) mass is 129 g/mol. The molecule has 3 heteroatoms. The van der Waals surface area contributed by atoms with E-state index in [0.29, 0.717) is 6.61 Å². The van der Waals surface area contributed by atoms with Crippen molar-refractivity contribution < 1.29 is 9.53 Å². The highest BCUT2D eigenvalue weighted by Gasteiger charge is 2.43. The molecule has 0 saturated carbocycles. The highest BCUT2D eigenvalue weighted by molar-refractivity contribution is 5.78. The number of primary amides is 1. The summed E-state index contributed by atoms with van der Waals surface area (Å²) in [4.78, 5) is 10.5. The van der Waals surface area contributed by atoms with Gasteiger partial charge in [0.25, 0.3) is 0 Å². The number of hydrogen-bond donors (Lipinski definition) is 1. The van der Waals surface area contributed by atoms with Gasteiger partial charge in [-0.15, -0.1) is 0 Å². The van der Waals surface area contributed by atoms with E-state index in [-0.39, 0.29) is 17.4 Å². The van der Waals surface area contributed by atoms with Crippen LogP contribution in [0.5, 0.6) is 0 Å². The number of amides is 1. The SMILES string of the molecule is CC1(C)OCC1C(N)=O. The number of nitrogens with two attached hydrogens (primary N) is 1. The molecular weight excluding hydrogens is 118 g/mol. The van der Waals surface area contributed by atoms with Crippen LogP contribution in [0, 0.1) is 5.92 Å². The third kappa shape index (κ3) is 0.920. The molecule has 0 aromatic rings. The van der Waals surface area contributed by atoms with Crippen LogP contribution in [0.25, 0.3) is 0 Å². The summed E-state index contributed by atoms with van der Waals surface area (Å²) in [5.41, 5.74) is 4.74. The molecule has 0 aromatic carbocycles. The second-order valence-corrected chi connectivity index (χ2v) is 2.87. The molecule has 1 atom stereocenters. The average Bonchev–Trinajstić information content (AvgIpc) is 1.62. The van der Waals surface area contributed by atoms with E-state index < -0.39 is 0 Å². The van der Waals surface area contributed by atoms with Gasteiger partial charge >= 0.3 is 0 Å². The molecule has 0 aliphatic carbocycles. The zero-order chi connectivity index (χ0) is 7.07. The molecule has 2 N–H and O–H groups in total. The van der Waals surface area contributed by atoms with E-state index in [2.05, 4.69) is 0 Å². The predicted octanol–water partition coefficient (Wildman–Crippen LogP) is -0.103. The van der Waals surface area contributed by atoms with Crippen LogP contribution < -0.4 is 5.73 Å². The molecule has 0 bridgehead atoms. The fourth-order valence-electron chi connectivity index (χ4n) is 0.925. The molecule has 0 radical (unpaired) electrons. The normalized spacial score (nSPS) is 31.1. The van der Waals surface area contributed by atoms with Crippen molar-refractivity contribution in [3.05, 3.63) is 0 Å². The van der Waals surface area contributed by atoms with E-state index in [0.717, 1.165) is 0 Å². The summed E-state index contributed by atoms with van der Waals surface area (Å²) in [7, 11) is 0. The van der Waals surface area contributed by atoms with E-state index in [4.69, 9.17) is 10.5 Å². The first kappa shape index (κ1) is 6.55. The molecule has 1 amide bonds. The van der Waals surface area contributed by atoms with E-state index >= 15 is 0 Å². The first-order valence-corrected chi connectivity index (χ1v) is 2.97. The predicted molar refractivity (Wildman–Crippen MR) is 32.7 cm³/mol. The number of carbonyl (C=O) groups is 1. The fraction of sp³-hybridized carbons (Fsp3) is 0.833. The van der Waals surface area contributed by atoms with Crippen LogP contribution >= 0.6 is 0 Å². The second kappa shape index (κ2) is 1.70. The van der Waals surface area contributed by atoms with Crippen molar-refractivity contribution in [2.75, 3.05) is 6.61 Å². The Kier molecular flexibility index (Phi) is 1.24. The Labute approximate surface area is 54.2 Å². The van der Waals surface area contributed by atoms with Gasteiger partial charge < -0.3 is 10.5 Å². The third-order valence-electron chi connectivity index (χ3n) is 1.80. The lowest BCUT2D eigenvalue weighted by atomic mass is 9.86. The largest absolute Gasteiger partial charge is 0.374 e. The van der Waals surface area contributed by atoms with E-state index in [1.165, 1.54) is 0 Å². The van der Waals surface area contributed by atoms with Gasteiger partial charge in [-0.1, -0.05) is 0 Å². The highest BCUT2D eigenvalue weighted by Crippen LogP contribution is 2.31.